The van der Waals surface area contributed by atoms with Gasteiger partial charge in [0.1, 0.15) is 36.0 Å². The number of benzene rings is 1. The number of alkyl carbamates (subject to hydrolysis) is 2. The summed E-state index contributed by atoms with van der Waals surface area (Å²) in [4.78, 5) is 101. The van der Waals surface area contributed by atoms with Crippen LogP contribution in [0.1, 0.15) is 113 Å². The van der Waals surface area contributed by atoms with E-state index in [-0.39, 0.29) is 130 Å². The second-order valence-corrected chi connectivity index (χ2v) is 30.2. The van der Waals surface area contributed by atoms with Crippen LogP contribution in [0.25, 0.3) is 10.4 Å². The molecule has 88 heavy (non-hydrogen) atoms. The zero-order chi connectivity index (χ0) is 65.6. The van der Waals surface area contributed by atoms with Crippen molar-refractivity contribution in [2.45, 2.75) is 149 Å². The molecule has 0 radical (unpaired) electrons. The molecule has 1 aliphatic heterocycles. The molecule has 1 aromatic heterocycles. The van der Waals surface area contributed by atoms with Crippen LogP contribution in [-0.2, 0) is 82.0 Å². The normalized spacial score (nSPS) is 15.0. The van der Waals surface area contributed by atoms with Gasteiger partial charge in [0.05, 0.1) is 107 Å². The summed E-state index contributed by atoms with van der Waals surface area (Å²) in [6, 6.07) is 5.35. The number of nitrogens with one attached hydrogen (secondary N) is 4. The lowest BCUT2D eigenvalue weighted by Crippen LogP contribution is -2.57. The molecular formula is C59H97N7O19S3. The summed E-state index contributed by atoms with van der Waals surface area (Å²) in [6.45, 7) is 24.8. The molecule has 26 nitrogen and oxygen atoms in total. The van der Waals surface area contributed by atoms with Gasteiger partial charge in [-0.25, -0.2) is 27.8 Å². The van der Waals surface area contributed by atoms with Crippen molar-refractivity contribution in [1.82, 2.24) is 36.1 Å². The number of nitrogens with zero attached hydrogens (tertiary/aromatic N) is 3. The Hall–Kier alpha value is -5.40. The highest BCUT2D eigenvalue weighted by Gasteiger charge is 2.46. The maximum Gasteiger partial charge on any atom is 0.508 e. The van der Waals surface area contributed by atoms with Crippen LogP contribution < -0.4 is 21.3 Å². The Kier molecular flexibility index (Phi) is 33.5. The number of hydrogen-bond donors (Lipinski definition) is 4. The molecule has 3 atom stereocenters. The van der Waals surface area contributed by atoms with E-state index in [1.54, 1.807) is 86.6 Å². The summed E-state index contributed by atoms with van der Waals surface area (Å²) in [6.07, 6.45) is -2.21. The molecule has 0 spiro atoms. The molecule has 1 saturated heterocycles. The van der Waals surface area contributed by atoms with Crippen molar-refractivity contribution in [2.75, 3.05) is 125 Å². The molecule has 1 fully saturated rings. The standard InChI is InChI=1S/C59H97N7O19S3/c1-42-49(86-41-63-42)44-19-17-43(18-20-44)38-62-51(69)46-37-45(83-55(73)82-40-59(11,12)87-88(13,74)75)39-66(46)52(70)50(56(2,3)4)64-47(67)15-14-16-48(68)65(23-27-78-31-35-80-33-29-76-25-21-60-53(71)84-57(5,6)7)24-28-79-32-36-81-34-30-77-26-22-61-54(72)85-58(8,9)10/h17-20,41,45-46,50H,14-16,21-40H2,1-13H3,(H,60,71)(H,61,72)(H,62,69)(H,64,67)/t45-,46+,50-/m1/s1. The van der Waals surface area contributed by atoms with E-state index in [4.69, 9.17) is 47.4 Å². The van der Waals surface area contributed by atoms with Crippen LogP contribution in [0, 0.1) is 12.3 Å². The first-order chi connectivity index (χ1) is 41.2. The summed E-state index contributed by atoms with van der Waals surface area (Å²) >= 11 is 1.52. The molecule has 1 aliphatic rings. The van der Waals surface area contributed by atoms with Crippen LogP contribution in [0.2, 0.25) is 0 Å². The fraction of sp³-hybridized carbons (Fsp3) is 0.729. The predicted molar refractivity (Wildman–Crippen MR) is 332 cm³/mol. The number of likely N-dealkylation sites (tertiary alicyclic amines) is 1. The van der Waals surface area contributed by atoms with Crippen molar-refractivity contribution in [3.05, 3.63) is 41.0 Å². The molecule has 2 heterocycles. The Balaban J connectivity index is 1.60. The molecule has 0 aliphatic carbocycles. The Labute approximate surface area is 527 Å². The van der Waals surface area contributed by atoms with Crippen LogP contribution in [-0.4, -0.2) is 224 Å². The van der Waals surface area contributed by atoms with Crippen LogP contribution >= 0.6 is 22.1 Å². The van der Waals surface area contributed by atoms with E-state index in [1.807, 2.05) is 31.2 Å². The lowest BCUT2D eigenvalue weighted by atomic mass is 9.85. The summed E-state index contributed by atoms with van der Waals surface area (Å²) in [5.74, 6) is -1.88. The van der Waals surface area contributed by atoms with Gasteiger partial charge in [0, 0.05) is 58.2 Å². The minimum Gasteiger partial charge on any atom is -0.444 e. The third-order valence-electron chi connectivity index (χ3n) is 12.3. The number of ether oxygens (including phenoxy) is 10. The van der Waals surface area contributed by atoms with E-state index in [9.17, 15) is 42.0 Å². The van der Waals surface area contributed by atoms with E-state index in [0.717, 1.165) is 28.0 Å². The maximum absolute atomic E-state index is 14.7. The number of rotatable bonds is 39. The summed E-state index contributed by atoms with van der Waals surface area (Å²) in [7, 11) is -2.85. The van der Waals surface area contributed by atoms with Gasteiger partial charge in [-0.2, -0.15) is 0 Å². The number of carbonyl (C=O) groups excluding carboxylic acids is 7. The highest BCUT2D eigenvalue weighted by molar-refractivity contribution is 8.72. The highest BCUT2D eigenvalue weighted by Crippen LogP contribution is 2.32. The first-order valence-corrected chi connectivity index (χ1v) is 33.6. The smallest absolute Gasteiger partial charge is 0.444 e. The van der Waals surface area contributed by atoms with Gasteiger partial charge in [0.15, 0.2) is 8.87 Å². The number of carbonyl (C=O) groups is 7. The largest absolute Gasteiger partial charge is 0.508 e. The molecular weight excluding hydrogens is 1210 g/mol. The number of aromatic nitrogens is 1. The molecule has 500 valence electrons. The van der Waals surface area contributed by atoms with Crippen molar-refractivity contribution in [3.8, 4) is 10.4 Å². The topological polar surface area (TPSA) is 313 Å². The Morgan fingerprint density at radius 3 is 1.67 bits per heavy atom. The van der Waals surface area contributed by atoms with Crippen molar-refractivity contribution in [1.29, 1.82) is 0 Å². The van der Waals surface area contributed by atoms with Crippen molar-refractivity contribution in [2.24, 2.45) is 5.41 Å². The number of aryl methyl sites for hydroxylation is 1. The SMILES string of the molecule is Cc1ncsc1-c1ccc(CNC(=O)[C@@H]2C[C@@H](OC(=O)OCC(C)(C)SS(C)(=O)=O)CN2C(=O)[C@@H](NC(=O)CCCC(=O)N(CCOCCOCCOCCNC(=O)OC(C)(C)C)CCOCCOCCOCCNC(=O)OC(C)(C)C)C(C)(C)C)cc1. The third-order valence-corrected chi connectivity index (χ3v) is 16.5. The van der Waals surface area contributed by atoms with Crippen LogP contribution in [0.3, 0.4) is 0 Å². The zero-order valence-electron chi connectivity index (χ0n) is 53.7. The molecule has 0 unspecified atom stereocenters. The molecule has 0 saturated carbocycles. The van der Waals surface area contributed by atoms with Gasteiger partial charge in [-0.05, 0) is 96.1 Å². The van der Waals surface area contributed by atoms with Gasteiger partial charge in [-0.15, -0.1) is 11.3 Å². The molecule has 1 aromatic carbocycles. The number of hydrogen-bond acceptors (Lipinski definition) is 22. The fourth-order valence-electron chi connectivity index (χ4n) is 8.35. The minimum absolute atomic E-state index is 0.0183. The van der Waals surface area contributed by atoms with Crippen molar-refractivity contribution in [3.63, 3.8) is 0 Å². The van der Waals surface area contributed by atoms with Crippen molar-refractivity contribution >= 4 is 73.0 Å². The first kappa shape index (κ1) is 76.8. The Morgan fingerprint density at radius 2 is 1.20 bits per heavy atom. The Bertz CT molecular complexity index is 2540. The van der Waals surface area contributed by atoms with E-state index in [2.05, 4.69) is 26.3 Å². The van der Waals surface area contributed by atoms with E-state index in [0.29, 0.717) is 37.2 Å². The Morgan fingerprint density at radius 1 is 0.705 bits per heavy atom. The van der Waals surface area contributed by atoms with Gasteiger partial charge in [-0.1, -0.05) is 45.0 Å². The van der Waals surface area contributed by atoms with E-state index >= 15 is 0 Å². The van der Waals surface area contributed by atoms with Gasteiger partial charge in [0.25, 0.3) is 0 Å². The molecule has 29 heteroatoms. The maximum atomic E-state index is 14.7. The second-order valence-electron chi connectivity index (χ2n) is 24.4. The fourth-order valence-corrected chi connectivity index (χ4v) is 12.7. The van der Waals surface area contributed by atoms with Gasteiger partial charge in [0.2, 0.25) is 23.6 Å². The molecule has 2 aromatic rings. The summed E-state index contributed by atoms with van der Waals surface area (Å²) in [5.41, 5.74) is 2.36. The zero-order valence-corrected chi connectivity index (χ0v) is 56.2. The number of thiazole rings is 1. The lowest BCUT2D eigenvalue weighted by Gasteiger charge is -2.35. The molecule has 4 N–H and O–H groups in total. The minimum atomic E-state index is -3.48. The van der Waals surface area contributed by atoms with E-state index < -0.39 is 84.5 Å². The predicted octanol–water partition coefficient (Wildman–Crippen LogP) is 6.01. The van der Waals surface area contributed by atoms with E-state index in [1.165, 1.54) is 16.2 Å². The van der Waals surface area contributed by atoms with Crippen LogP contribution in [0.5, 0.6) is 0 Å². The first-order valence-electron chi connectivity index (χ1n) is 29.5. The van der Waals surface area contributed by atoms with Crippen LogP contribution in [0.15, 0.2) is 29.8 Å². The van der Waals surface area contributed by atoms with Crippen LogP contribution in [0.4, 0.5) is 14.4 Å². The third kappa shape index (κ3) is 33.4. The van der Waals surface area contributed by atoms with Crippen molar-refractivity contribution < 1.29 is 89.3 Å². The van der Waals surface area contributed by atoms with Gasteiger partial charge in [-0.3, -0.25) is 19.2 Å². The average molecular weight is 1300 g/mol. The quantitative estimate of drug-likeness (QED) is 0.0258. The monoisotopic (exact) mass is 1300 g/mol. The molecule has 3 rings (SSSR count). The highest BCUT2D eigenvalue weighted by atomic mass is 33.1. The molecule has 6 amide bonds. The van der Waals surface area contributed by atoms with Gasteiger partial charge >= 0.3 is 18.3 Å². The van der Waals surface area contributed by atoms with Gasteiger partial charge < -0.3 is 78.4 Å². The summed E-state index contributed by atoms with van der Waals surface area (Å²) in [5, 5.41) is 11.0. The summed E-state index contributed by atoms with van der Waals surface area (Å²) < 4.78 is 78.0. The molecule has 0 bridgehead atoms. The lowest BCUT2D eigenvalue weighted by molar-refractivity contribution is -0.144. The second kappa shape index (κ2) is 38.3. The number of amides is 6. The average Bonchev–Trinajstić information content (AvgIpc) is 4.01.